The molecule has 2 rings (SSSR count). The fraction of sp³-hybridized carbons (Fsp3) is 1.00. The van der Waals surface area contributed by atoms with Gasteiger partial charge in [0, 0.05) is 19.1 Å². The van der Waals surface area contributed by atoms with E-state index in [1.807, 2.05) is 0 Å². The molecule has 0 amide bonds. The van der Waals surface area contributed by atoms with Crippen LogP contribution in [0, 0.1) is 5.92 Å². The molecule has 0 aromatic rings. The van der Waals surface area contributed by atoms with E-state index in [4.69, 9.17) is 0 Å². The smallest absolute Gasteiger partial charge is 0.214 e. The molecule has 106 valence electrons. The van der Waals surface area contributed by atoms with E-state index in [-0.39, 0.29) is 0 Å². The number of piperidine rings is 1. The molecule has 1 aliphatic carbocycles. The van der Waals surface area contributed by atoms with E-state index in [1.54, 1.807) is 4.31 Å². The second-order valence-corrected chi connectivity index (χ2v) is 7.74. The molecule has 2 aliphatic rings. The number of rotatable bonds is 7. The highest BCUT2D eigenvalue weighted by molar-refractivity contribution is 7.89. The first-order valence-electron chi connectivity index (χ1n) is 7.33. The molecular weight excluding hydrogens is 248 g/mol. The number of hydrogen-bond donors (Lipinski definition) is 1. The highest BCUT2D eigenvalue weighted by atomic mass is 32.2. The van der Waals surface area contributed by atoms with Crippen molar-refractivity contribution >= 4 is 10.0 Å². The van der Waals surface area contributed by atoms with Gasteiger partial charge in [-0.25, -0.2) is 12.7 Å². The van der Waals surface area contributed by atoms with E-state index in [0.717, 1.165) is 44.8 Å². The summed E-state index contributed by atoms with van der Waals surface area (Å²) in [6.45, 7) is 4.50. The Kier molecular flexibility index (Phi) is 5.04. The average molecular weight is 274 g/mol. The summed E-state index contributed by atoms with van der Waals surface area (Å²) in [6.07, 6.45) is 6.52. The zero-order valence-corrected chi connectivity index (χ0v) is 12.2. The molecule has 1 saturated carbocycles. The standard InChI is InChI=1S/C13H26N2O2S/c1-2-12-6-9-15(10-7-12)18(16,17)11-3-8-14-13-4-5-13/h12-14H,2-11H2,1H3. The van der Waals surface area contributed by atoms with Crippen molar-refractivity contribution in [2.75, 3.05) is 25.4 Å². The second kappa shape index (κ2) is 6.35. The van der Waals surface area contributed by atoms with E-state index in [9.17, 15) is 8.42 Å². The van der Waals surface area contributed by atoms with E-state index >= 15 is 0 Å². The molecule has 0 radical (unpaired) electrons. The topological polar surface area (TPSA) is 49.4 Å². The van der Waals surface area contributed by atoms with Crippen molar-refractivity contribution in [3.05, 3.63) is 0 Å². The van der Waals surface area contributed by atoms with Crippen molar-refractivity contribution < 1.29 is 8.42 Å². The summed E-state index contributed by atoms with van der Waals surface area (Å²) in [5.41, 5.74) is 0. The molecule has 0 bridgehead atoms. The van der Waals surface area contributed by atoms with E-state index < -0.39 is 10.0 Å². The third kappa shape index (κ3) is 4.21. The predicted molar refractivity (Wildman–Crippen MR) is 74.0 cm³/mol. The molecule has 0 atom stereocenters. The van der Waals surface area contributed by atoms with Gasteiger partial charge in [0.05, 0.1) is 5.75 Å². The molecule has 18 heavy (non-hydrogen) atoms. The summed E-state index contributed by atoms with van der Waals surface area (Å²) in [4.78, 5) is 0. The Hall–Kier alpha value is -0.130. The third-order valence-corrected chi connectivity index (χ3v) is 6.09. The number of nitrogens with one attached hydrogen (secondary N) is 1. The summed E-state index contributed by atoms with van der Waals surface area (Å²) in [5.74, 6) is 1.04. The van der Waals surface area contributed by atoms with Crippen LogP contribution in [0.2, 0.25) is 0 Å². The molecular formula is C13H26N2O2S. The molecule has 0 aromatic carbocycles. The SMILES string of the molecule is CCC1CCN(S(=O)(=O)CCCNC2CC2)CC1. The Balaban J connectivity index is 1.68. The molecule has 1 heterocycles. The van der Waals surface area contributed by atoms with Crippen LogP contribution in [0.15, 0.2) is 0 Å². The lowest BCUT2D eigenvalue weighted by Gasteiger charge is -2.30. The van der Waals surface area contributed by atoms with Crippen LogP contribution < -0.4 is 5.32 Å². The quantitative estimate of drug-likeness (QED) is 0.717. The fourth-order valence-electron chi connectivity index (χ4n) is 2.57. The second-order valence-electron chi connectivity index (χ2n) is 5.65. The lowest BCUT2D eigenvalue weighted by molar-refractivity contribution is 0.269. The Bertz CT molecular complexity index is 344. The molecule has 1 saturated heterocycles. The number of sulfonamides is 1. The minimum atomic E-state index is -3.00. The molecule has 0 aromatic heterocycles. The summed E-state index contributed by atoms with van der Waals surface area (Å²) in [6, 6.07) is 0.674. The van der Waals surface area contributed by atoms with Gasteiger partial charge in [-0.1, -0.05) is 13.3 Å². The van der Waals surface area contributed by atoms with Crippen molar-refractivity contribution in [3.63, 3.8) is 0 Å². The first kappa shape index (κ1) is 14.3. The normalized spacial score (nSPS) is 23.4. The minimum absolute atomic E-state index is 0.309. The number of hydrogen-bond acceptors (Lipinski definition) is 3. The predicted octanol–water partition coefficient (Wildman–Crippen LogP) is 1.58. The summed E-state index contributed by atoms with van der Waals surface area (Å²) in [5, 5.41) is 3.37. The molecule has 2 fully saturated rings. The Labute approximate surface area is 111 Å². The Morgan fingerprint density at radius 2 is 1.83 bits per heavy atom. The van der Waals surface area contributed by atoms with Crippen molar-refractivity contribution in [1.29, 1.82) is 0 Å². The largest absolute Gasteiger partial charge is 0.314 e. The molecule has 5 heteroatoms. The van der Waals surface area contributed by atoms with Gasteiger partial charge in [0.25, 0.3) is 0 Å². The first-order chi connectivity index (χ1) is 8.62. The van der Waals surface area contributed by atoms with Crippen molar-refractivity contribution in [3.8, 4) is 0 Å². The average Bonchev–Trinajstić information content (AvgIpc) is 3.19. The maximum absolute atomic E-state index is 12.1. The first-order valence-corrected chi connectivity index (χ1v) is 8.94. The van der Waals surface area contributed by atoms with Gasteiger partial charge in [-0.15, -0.1) is 0 Å². The van der Waals surface area contributed by atoms with Crippen LogP contribution in [-0.4, -0.2) is 44.2 Å². The van der Waals surface area contributed by atoms with Crippen LogP contribution in [-0.2, 0) is 10.0 Å². The van der Waals surface area contributed by atoms with Gasteiger partial charge in [-0.05, 0) is 44.6 Å². The molecule has 4 nitrogen and oxygen atoms in total. The lowest BCUT2D eigenvalue weighted by Crippen LogP contribution is -2.40. The lowest BCUT2D eigenvalue weighted by atomic mass is 9.96. The van der Waals surface area contributed by atoms with Crippen LogP contribution in [0.1, 0.15) is 45.4 Å². The van der Waals surface area contributed by atoms with Gasteiger partial charge in [-0.3, -0.25) is 0 Å². The van der Waals surface area contributed by atoms with Crippen LogP contribution >= 0.6 is 0 Å². The summed E-state index contributed by atoms with van der Waals surface area (Å²) >= 11 is 0. The highest BCUT2D eigenvalue weighted by Crippen LogP contribution is 2.22. The van der Waals surface area contributed by atoms with Gasteiger partial charge < -0.3 is 5.32 Å². The van der Waals surface area contributed by atoms with Crippen LogP contribution in [0.5, 0.6) is 0 Å². The zero-order chi connectivity index (χ0) is 13.0. The van der Waals surface area contributed by atoms with Crippen LogP contribution in [0.3, 0.4) is 0 Å². The van der Waals surface area contributed by atoms with E-state index in [2.05, 4.69) is 12.2 Å². The molecule has 1 aliphatic heterocycles. The molecule has 1 N–H and O–H groups in total. The molecule has 0 spiro atoms. The third-order valence-electron chi connectivity index (χ3n) is 4.13. The monoisotopic (exact) mass is 274 g/mol. The minimum Gasteiger partial charge on any atom is -0.314 e. The zero-order valence-electron chi connectivity index (χ0n) is 11.4. The molecule has 0 unspecified atom stereocenters. The highest BCUT2D eigenvalue weighted by Gasteiger charge is 2.27. The maximum atomic E-state index is 12.1. The summed E-state index contributed by atoms with van der Waals surface area (Å²) < 4.78 is 26.0. The maximum Gasteiger partial charge on any atom is 0.214 e. The van der Waals surface area contributed by atoms with E-state index in [1.165, 1.54) is 19.3 Å². The van der Waals surface area contributed by atoms with Crippen LogP contribution in [0.4, 0.5) is 0 Å². The van der Waals surface area contributed by atoms with Crippen molar-refractivity contribution in [2.45, 2.75) is 51.5 Å². The Morgan fingerprint density at radius 1 is 1.17 bits per heavy atom. The van der Waals surface area contributed by atoms with Gasteiger partial charge in [0.2, 0.25) is 10.0 Å². The van der Waals surface area contributed by atoms with Crippen LogP contribution in [0.25, 0.3) is 0 Å². The van der Waals surface area contributed by atoms with Gasteiger partial charge in [0.15, 0.2) is 0 Å². The van der Waals surface area contributed by atoms with E-state index in [0.29, 0.717) is 11.8 Å². The van der Waals surface area contributed by atoms with Gasteiger partial charge in [-0.2, -0.15) is 0 Å². The van der Waals surface area contributed by atoms with Gasteiger partial charge >= 0.3 is 0 Å². The summed E-state index contributed by atoms with van der Waals surface area (Å²) in [7, 11) is -3.00. The van der Waals surface area contributed by atoms with Crippen molar-refractivity contribution in [2.24, 2.45) is 5.92 Å². The van der Waals surface area contributed by atoms with Crippen molar-refractivity contribution in [1.82, 2.24) is 9.62 Å². The Morgan fingerprint density at radius 3 is 2.39 bits per heavy atom. The fourth-order valence-corrected chi connectivity index (χ4v) is 4.11. The number of nitrogens with zero attached hydrogens (tertiary/aromatic N) is 1. The van der Waals surface area contributed by atoms with Gasteiger partial charge in [0.1, 0.15) is 0 Å².